The quantitative estimate of drug-likeness (QED) is 0.144. The number of H-pyrrole nitrogens is 1. The maximum atomic E-state index is 13.4. The molecule has 0 saturated carbocycles. The number of benzene rings is 3. The molecule has 0 unspecified atom stereocenters. The number of rotatable bonds is 6. The minimum Gasteiger partial charge on any atom is -0.286 e. The lowest BCUT2D eigenvalue weighted by Gasteiger charge is -2.03. The van der Waals surface area contributed by atoms with E-state index in [1.165, 1.54) is 42.6 Å². The Morgan fingerprint density at radius 2 is 1.62 bits per heavy atom. The van der Waals surface area contributed by atoms with Gasteiger partial charge in [0, 0.05) is 17.7 Å². The lowest BCUT2D eigenvalue weighted by Crippen LogP contribution is -2.15. The third kappa shape index (κ3) is 4.73. The Kier molecular flexibility index (Phi) is 5.87. The van der Waals surface area contributed by atoms with Crippen molar-refractivity contribution in [3.05, 3.63) is 99.5 Å². The smallest absolute Gasteiger partial charge is 0.286 e. The Labute approximate surface area is 207 Å². The van der Waals surface area contributed by atoms with E-state index < -0.39 is 20.6 Å². The Balaban J connectivity index is 1.62. The van der Waals surface area contributed by atoms with Crippen molar-refractivity contribution < 1.29 is 17.9 Å². The fourth-order valence-electron chi connectivity index (χ4n) is 3.48. The van der Waals surface area contributed by atoms with Crippen LogP contribution in [0.25, 0.3) is 28.1 Å². The van der Waals surface area contributed by atoms with Gasteiger partial charge in [0.05, 0.1) is 38.4 Å². The summed E-state index contributed by atoms with van der Waals surface area (Å²) in [6, 6.07) is 17.5. The average Bonchev–Trinajstić information content (AvgIpc) is 3.22. The van der Waals surface area contributed by atoms with Crippen LogP contribution in [-0.2, 0) is 10.1 Å². The first-order valence-corrected chi connectivity index (χ1v) is 12.0. The third-order valence-corrected chi connectivity index (χ3v) is 6.17. The number of hydrogen-bond donors (Lipinski definition) is 2. The zero-order valence-corrected chi connectivity index (χ0v) is 19.4. The third-order valence-electron chi connectivity index (χ3n) is 5.30. The van der Waals surface area contributed by atoms with Crippen molar-refractivity contribution >= 4 is 38.2 Å². The molecule has 0 fully saturated rings. The summed E-state index contributed by atoms with van der Waals surface area (Å²) in [5.41, 5.74) is 1.17. The number of non-ortho nitro benzene ring substituents is 1. The predicted octanol–water partition coefficient (Wildman–Crippen LogP) is 4.35. The van der Waals surface area contributed by atoms with E-state index in [9.17, 15) is 23.3 Å². The van der Waals surface area contributed by atoms with Gasteiger partial charge in [-0.1, -0.05) is 12.1 Å². The van der Waals surface area contributed by atoms with Gasteiger partial charge in [-0.15, -0.1) is 5.11 Å². The molecule has 0 spiro atoms. The van der Waals surface area contributed by atoms with E-state index in [1.54, 1.807) is 18.2 Å². The van der Waals surface area contributed by atoms with Crippen LogP contribution in [0.1, 0.15) is 0 Å². The molecule has 0 saturated heterocycles. The number of aromatic amines is 1. The molecule has 0 aliphatic carbocycles. The first-order valence-electron chi connectivity index (χ1n) is 10.5. The number of para-hydroxylation sites is 2. The van der Waals surface area contributed by atoms with Crippen LogP contribution in [0.4, 0.5) is 17.1 Å². The average molecular weight is 517 g/mol. The summed E-state index contributed by atoms with van der Waals surface area (Å²) in [6.45, 7) is 0. The van der Waals surface area contributed by atoms with E-state index in [-0.39, 0.29) is 33.5 Å². The second-order valence-corrected chi connectivity index (χ2v) is 9.09. The van der Waals surface area contributed by atoms with Gasteiger partial charge in [0.1, 0.15) is 0 Å². The summed E-state index contributed by atoms with van der Waals surface area (Å²) >= 11 is 0. The number of fused-ring (bicyclic) bond motifs is 1. The van der Waals surface area contributed by atoms with Crippen molar-refractivity contribution in [2.24, 2.45) is 10.2 Å². The molecule has 2 N–H and O–H groups in total. The molecule has 2 aromatic heterocycles. The molecule has 37 heavy (non-hydrogen) atoms. The highest BCUT2D eigenvalue weighted by molar-refractivity contribution is 7.85. The van der Waals surface area contributed by atoms with E-state index in [1.807, 2.05) is 6.07 Å². The van der Waals surface area contributed by atoms with Gasteiger partial charge in [-0.05, 0) is 48.5 Å². The molecule has 184 valence electrons. The number of nitrogens with zero attached hydrogens (tertiary/aromatic N) is 6. The zero-order chi connectivity index (χ0) is 26.2. The number of nitro groups is 1. The van der Waals surface area contributed by atoms with Crippen molar-refractivity contribution in [3.63, 3.8) is 0 Å². The minimum absolute atomic E-state index is 0.123. The van der Waals surface area contributed by atoms with Crippen molar-refractivity contribution in [3.8, 4) is 17.1 Å². The molecular formula is C23H15N7O6S. The lowest BCUT2D eigenvalue weighted by atomic mass is 10.1. The van der Waals surface area contributed by atoms with Gasteiger partial charge in [-0.25, -0.2) is 4.98 Å². The van der Waals surface area contributed by atoms with Crippen LogP contribution in [0.3, 0.4) is 0 Å². The Morgan fingerprint density at radius 3 is 2.27 bits per heavy atom. The number of nitrogens with one attached hydrogen (secondary N) is 1. The molecule has 0 amide bonds. The summed E-state index contributed by atoms with van der Waals surface area (Å²) in [5, 5.41) is 22.1. The molecule has 13 nitrogen and oxygen atoms in total. The molecule has 14 heteroatoms. The van der Waals surface area contributed by atoms with Crippen LogP contribution < -0.4 is 5.56 Å². The summed E-state index contributed by atoms with van der Waals surface area (Å²) < 4.78 is 32.8. The number of nitro benzene ring substituents is 1. The second kappa shape index (κ2) is 9.18. The fourth-order valence-corrected chi connectivity index (χ4v) is 3.96. The Bertz CT molecular complexity index is 1840. The van der Waals surface area contributed by atoms with Crippen molar-refractivity contribution in [2.75, 3.05) is 0 Å². The molecular weight excluding hydrogens is 502 g/mol. The molecule has 5 rings (SSSR count). The molecule has 0 radical (unpaired) electrons. The van der Waals surface area contributed by atoms with Gasteiger partial charge in [0.25, 0.3) is 15.8 Å². The highest BCUT2D eigenvalue weighted by Gasteiger charge is 2.19. The first-order chi connectivity index (χ1) is 17.7. The van der Waals surface area contributed by atoms with Gasteiger partial charge < -0.3 is 0 Å². The zero-order valence-electron chi connectivity index (χ0n) is 18.6. The van der Waals surface area contributed by atoms with Gasteiger partial charge in [0.2, 0.25) is 0 Å². The van der Waals surface area contributed by atoms with Gasteiger partial charge in [0.15, 0.2) is 11.5 Å². The predicted molar refractivity (Wildman–Crippen MR) is 132 cm³/mol. The maximum absolute atomic E-state index is 13.4. The molecule has 0 atom stereocenters. The van der Waals surface area contributed by atoms with Gasteiger partial charge >= 0.3 is 5.56 Å². The standard InChI is InChI=1S/C23H15N7O6S/c31-23-22(27-26-15-7-11-17(12-8-15)37(34,35)36)21(14-5-9-16(10-6-14)30(32)33)28-29(23)20-13-24-18-3-1-2-4-19(18)25-20/h1-13,28H,(H,34,35,36). The number of hydrogen-bond acceptors (Lipinski definition) is 9. The normalized spacial score (nSPS) is 11.8. The lowest BCUT2D eigenvalue weighted by molar-refractivity contribution is -0.384. The highest BCUT2D eigenvalue weighted by Crippen LogP contribution is 2.29. The van der Waals surface area contributed by atoms with Gasteiger partial charge in [-0.3, -0.25) is 29.5 Å². The molecule has 0 aliphatic heterocycles. The summed E-state index contributed by atoms with van der Waals surface area (Å²) in [5.74, 6) is 0.186. The summed E-state index contributed by atoms with van der Waals surface area (Å²) in [6.07, 6.45) is 1.41. The van der Waals surface area contributed by atoms with E-state index in [4.69, 9.17) is 4.55 Å². The van der Waals surface area contributed by atoms with E-state index >= 15 is 0 Å². The Morgan fingerprint density at radius 1 is 0.946 bits per heavy atom. The Hall–Kier alpha value is -5.08. The van der Waals surface area contributed by atoms with Crippen molar-refractivity contribution in [1.29, 1.82) is 0 Å². The monoisotopic (exact) mass is 517 g/mol. The van der Waals surface area contributed by atoms with Crippen LogP contribution >= 0.6 is 0 Å². The molecule has 3 aromatic carbocycles. The fraction of sp³-hybridized carbons (Fsp3) is 0. The molecule has 0 aliphatic rings. The van der Waals surface area contributed by atoms with E-state index in [2.05, 4.69) is 25.3 Å². The van der Waals surface area contributed by atoms with Crippen LogP contribution in [0.2, 0.25) is 0 Å². The SMILES string of the molecule is O=c1c(N=Nc2ccc(S(=O)(=O)O)cc2)c(-c2ccc([N+](=O)[O-])cc2)[nH]n1-c1cnc2ccccc2n1. The van der Waals surface area contributed by atoms with E-state index in [0.29, 0.717) is 16.6 Å². The van der Waals surface area contributed by atoms with Crippen LogP contribution in [0.5, 0.6) is 0 Å². The number of aromatic nitrogens is 4. The minimum atomic E-state index is -4.38. The van der Waals surface area contributed by atoms with Crippen molar-refractivity contribution in [2.45, 2.75) is 4.90 Å². The molecule has 2 heterocycles. The second-order valence-electron chi connectivity index (χ2n) is 7.67. The first kappa shape index (κ1) is 23.7. The highest BCUT2D eigenvalue weighted by atomic mass is 32.2. The maximum Gasteiger partial charge on any atom is 0.301 e. The van der Waals surface area contributed by atoms with Gasteiger partial charge in [-0.2, -0.15) is 18.2 Å². The van der Waals surface area contributed by atoms with E-state index in [0.717, 1.165) is 16.8 Å². The van der Waals surface area contributed by atoms with Crippen LogP contribution in [0, 0.1) is 10.1 Å². The molecule has 5 aromatic rings. The van der Waals surface area contributed by atoms with Crippen LogP contribution in [-0.4, -0.2) is 37.6 Å². The number of azo groups is 1. The van der Waals surface area contributed by atoms with Crippen molar-refractivity contribution in [1.82, 2.24) is 19.7 Å². The summed E-state index contributed by atoms with van der Waals surface area (Å²) in [4.78, 5) is 32.4. The van der Waals surface area contributed by atoms with Crippen LogP contribution in [0.15, 0.2) is 98.9 Å². The molecule has 0 bridgehead atoms. The topological polar surface area (TPSA) is 186 Å². The largest absolute Gasteiger partial charge is 0.301 e. The summed E-state index contributed by atoms with van der Waals surface area (Å²) in [7, 11) is -4.38.